The third kappa shape index (κ3) is 8.67. The molecule has 0 aromatic heterocycles. The summed E-state index contributed by atoms with van der Waals surface area (Å²) in [7, 11) is 1.32. The number of hydrogen-bond donors (Lipinski definition) is 2. The molecule has 0 spiro atoms. The summed E-state index contributed by atoms with van der Waals surface area (Å²) in [6.07, 6.45) is 9.84. The van der Waals surface area contributed by atoms with E-state index in [9.17, 15) is 9.59 Å². The first-order valence-corrected chi connectivity index (χ1v) is 16.0. The quantitative estimate of drug-likeness (QED) is 0.244. The van der Waals surface area contributed by atoms with Gasteiger partial charge in [0.05, 0.1) is 19.4 Å². The van der Waals surface area contributed by atoms with Crippen molar-refractivity contribution in [2.45, 2.75) is 65.7 Å². The largest absolute Gasteiger partial charge is 0.493 e. The summed E-state index contributed by atoms with van der Waals surface area (Å²) in [5.41, 5.74) is 8.86. The van der Waals surface area contributed by atoms with Gasteiger partial charge in [0.2, 0.25) is 5.91 Å². The average Bonchev–Trinajstić information content (AvgIpc) is 3.04. The van der Waals surface area contributed by atoms with Crippen LogP contribution in [0.4, 0.5) is 16.2 Å². The highest BCUT2D eigenvalue weighted by atomic mass is 35.5. The number of anilines is 2. The Morgan fingerprint density at radius 1 is 1.07 bits per heavy atom. The topological polar surface area (TPSA) is 76.7 Å². The molecule has 1 aliphatic heterocycles. The smallest absolute Gasteiger partial charge is 0.411 e. The van der Waals surface area contributed by atoms with Crippen LogP contribution in [0.5, 0.6) is 5.75 Å². The van der Waals surface area contributed by atoms with Crippen LogP contribution in [0.1, 0.15) is 76.8 Å². The third-order valence-electron chi connectivity index (χ3n) is 8.18. The van der Waals surface area contributed by atoms with Crippen LogP contribution in [0.3, 0.4) is 0 Å². The fourth-order valence-electron chi connectivity index (χ4n) is 5.71. The van der Waals surface area contributed by atoms with E-state index in [-0.39, 0.29) is 11.8 Å². The first kappa shape index (κ1) is 33.6. The lowest BCUT2D eigenvalue weighted by molar-refractivity contribution is -0.116. The fraction of sp³-hybridized carbons (Fsp3) is 0.316. The van der Waals surface area contributed by atoms with Crippen LogP contribution in [-0.2, 0) is 9.53 Å². The van der Waals surface area contributed by atoms with E-state index < -0.39 is 6.09 Å². The SMILES string of the molecule is C\C=C(/C=C\C(=C(/C)CC)[C@H]1CCCCC(=O)Nc2cc(NC(=O)OC)ccc2-c2cccc1c2)c1cc(Cl)ccc1OCC. The van der Waals surface area contributed by atoms with E-state index in [1.165, 1.54) is 23.8 Å². The molecule has 2 amide bonds. The summed E-state index contributed by atoms with van der Waals surface area (Å²) in [6.45, 7) is 8.97. The molecule has 3 aromatic rings. The summed E-state index contributed by atoms with van der Waals surface area (Å²) < 4.78 is 10.7. The van der Waals surface area contributed by atoms with Gasteiger partial charge in [-0.2, -0.15) is 0 Å². The van der Waals surface area contributed by atoms with Gasteiger partial charge in [-0.25, -0.2) is 4.79 Å². The minimum absolute atomic E-state index is 0.0514. The van der Waals surface area contributed by atoms with E-state index >= 15 is 0 Å². The Bertz CT molecular complexity index is 1620. The number of fused-ring (bicyclic) bond motifs is 4. The highest BCUT2D eigenvalue weighted by molar-refractivity contribution is 6.30. The number of methoxy groups -OCH3 is 1. The lowest BCUT2D eigenvalue weighted by Crippen LogP contribution is -2.15. The molecule has 0 aliphatic carbocycles. The van der Waals surface area contributed by atoms with Gasteiger partial charge in [-0.1, -0.05) is 79.1 Å². The highest BCUT2D eigenvalue weighted by Crippen LogP contribution is 2.39. The molecule has 3 aromatic carbocycles. The number of ether oxygens (including phenoxy) is 2. The number of halogens is 1. The van der Waals surface area contributed by atoms with E-state index in [0.717, 1.165) is 53.7 Å². The van der Waals surface area contributed by atoms with Gasteiger partial charge < -0.3 is 14.8 Å². The number of benzene rings is 3. The van der Waals surface area contributed by atoms with E-state index in [1.54, 1.807) is 6.07 Å². The lowest BCUT2D eigenvalue weighted by atomic mass is 9.82. The van der Waals surface area contributed by atoms with Crippen LogP contribution in [0.25, 0.3) is 16.7 Å². The summed E-state index contributed by atoms with van der Waals surface area (Å²) >= 11 is 6.42. The zero-order valence-electron chi connectivity index (χ0n) is 26.8. The lowest BCUT2D eigenvalue weighted by Gasteiger charge is -2.24. The molecule has 236 valence electrons. The molecular weight excluding hydrogens is 584 g/mol. The molecule has 1 aliphatic rings. The second kappa shape index (κ2) is 16.1. The molecule has 6 nitrogen and oxygen atoms in total. The Labute approximate surface area is 272 Å². The van der Waals surface area contributed by atoms with Crippen LogP contribution in [0, 0.1) is 0 Å². The molecular formula is C38H43ClN2O4. The van der Waals surface area contributed by atoms with E-state index in [1.807, 2.05) is 44.2 Å². The second-order valence-electron chi connectivity index (χ2n) is 11.1. The Balaban J connectivity index is 1.79. The monoisotopic (exact) mass is 626 g/mol. The summed E-state index contributed by atoms with van der Waals surface area (Å²) in [6, 6.07) is 19.8. The number of carbonyl (C=O) groups excluding carboxylic acids is 2. The number of allylic oxidation sites excluding steroid dienone is 6. The Morgan fingerprint density at radius 3 is 2.62 bits per heavy atom. The van der Waals surface area contributed by atoms with Crippen LogP contribution >= 0.6 is 11.6 Å². The minimum atomic E-state index is -0.566. The molecule has 0 radical (unpaired) electrons. The Hall–Kier alpha value is -4.29. The van der Waals surface area contributed by atoms with E-state index in [0.29, 0.717) is 29.4 Å². The summed E-state index contributed by atoms with van der Waals surface area (Å²) in [5.74, 6) is 0.888. The van der Waals surface area contributed by atoms with Crippen molar-refractivity contribution in [1.82, 2.24) is 0 Å². The first-order chi connectivity index (χ1) is 21.8. The molecule has 2 N–H and O–H groups in total. The van der Waals surface area contributed by atoms with Gasteiger partial charge in [0.15, 0.2) is 0 Å². The van der Waals surface area contributed by atoms with Gasteiger partial charge >= 0.3 is 6.09 Å². The van der Waals surface area contributed by atoms with Crippen LogP contribution in [0.15, 0.2) is 90.0 Å². The number of carbonyl (C=O) groups is 2. The standard InChI is InChI=1S/C38H43ClN2O4/c1-6-25(4)31(19-16-26(7-2)34-23-29(39)17-21-36(34)45-8-3)32-14-9-10-15-37(42)41-35-24-30(40-38(43)44-5)18-20-33(35)28-13-11-12-27(32)22-28/h7,11-13,16-24,32H,6,8-10,14-15H2,1-5H3,(H,40,43)(H,41,42)/b19-16-,26-7+,31-25-/t32-/m0/s1. The second-order valence-corrected chi connectivity index (χ2v) is 11.5. The van der Waals surface area contributed by atoms with Crippen molar-refractivity contribution < 1.29 is 19.1 Å². The fourth-order valence-corrected chi connectivity index (χ4v) is 5.88. The van der Waals surface area contributed by atoms with Gasteiger partial charge in [0.1, 0.15) is 5.75 Å². The molecule has 45 heavy (non-hydrogen) atoms. The minimum Gasteiger partial charge on any atom is -0.493 e. The van der Waals surface area contributed by atoms with Crippen molar-refractivity contribution in [3.8, 4) is 16.9 Å². The van der Waals surface area contributed by atoms with Crippen molar-refractivity contribution >= 4 is 40.5 Å². The Morgan fingerprint density at radius 2 is 1.89 bits per heavy atom. The molecule has 4 rings (SSSR count). The molecule has 1 heterocycles. The molecule has 0 saturated carbocycles. The van der Waals surface area contributed by atoms with Crippen molar-refractivity contribution in [2.75, 3.05) is 24.4 Å². The van der Waals surface area contributed by atoms with Crippen LogP contribution in [0.2, 0.25) is 5.02 Å². The summed E-state index contributed by atoms with van der Waals surface area (Å²) in [4.78, 5) is 24.9. The van der Waals surface area contributed by atoms with Gasteiger partial charge in [0.25, 0.3) is 0 Å². The van der Waals surface area contributed by atoms with Crippen LogP contribution < -0.4 is 15.4 Å². The van der Waals surface area contributed by atoms with Crippen molar-refractivity contribution in [2.24, 2.45) is 0 Å². The van der Waals surface area contributed by atoms with Gasteiger partial charge in [0, 0.05) is 34.2 Å². The molecule has 0 fully saturated rings. The van der Waals surface area contributed by atoms with E-state index in [4.69, 9.17) is 21.1 Å². The first-order valence-electron chi connectivity index (χ1n) is 15.6. The number of rotatable bonds is 8. The van der Waals surface area contributed by atoms with Crippen molar-refractivity contribution in [3.05, 3.63) is 106 Å². The highest BCUT2D eigenvalue weighted by Gasteiger charge is 2.21. The Kier molecular flexibility index (Phi) is 12.1. The van der Waals surface area contributed by atoms with Crippen molar-refractivity contribution in [1.29, 1.82) is 0 Å². The number of nitrogens with one attached hydrogen (secondary N) is 2. The van der Waals surface area contributed by atoms with Gasteiger partial charge in [-0.15, -0.1) is 0 Å². The van der Waals surface area contributed by atoms with Gasteiger partial charge in [-0.05, 0) is 92.6 Å². The molecule has 7 heteroatoms. The number of amides is 2. The van der Waals surface area contributed by atoms with Crippen LogP contribution in [-0.4, -0.2) is 25.7 Å². The summed E-state index contributed by atoms with van der Waals surface area (Å²) in [5, 5.41) is 6.44. The predicted molar refractivity (Wildman–Crippen MR) is 186 cm³/mol. The van der Waals surface area contributed by atoms with Gasteiger partial charge in [-0.3, -0.25) is 10.1 Å². The molecule has 0 unspecified atom stereocenters. The zero-order chi connectivity index (χ0) is 32.3. The van der Waals surface area contributed by atoms with Crippen molar-refractivity contribution in [3.63, 3.8) is 0 Å². The third-order valence-corrected chi connectivity index (χ3v) is 8.41. The zero-order valence-corrected chi connectivity index (χ0v) is 27.6. The normalized spacial score (nSPS) is 16.1. The predicted octanol–water partition coefficient (Wildman–Crippen LogP) is 10.6. The number of hydrogen-bond acceptors (Lipinski definition) is 4. The molecule has 2 bridgehead atoms. The molecule has 0 saturated heterocycles. The van der Waals surface area contributed by atoms with E-state index in [2.05, 4.69) is 67.0 Å². The average molecular weight is 627 g/mol. The molecule has 1 atom stereocenters. The maximum Gasteiger partial charge on any atom is 0.411 e. The maximum atomic E-state index is 13.0. The maximum absolute atomic E-state index is 13.0.